The van der Waals surface area contributed by atoms with Gasteiger partial charge in [-0.05, 0) is 49.2 Å². The summed E-state index contributed by atoms with van der Waals surface area (Å²) in [6.07, 6.45) is -4.40. The fourth-order valence-corrected chi connectivity index (χ4v) is 4.35. The first-order valence-electron chi connectivity index (χ1n) is 9.83. The SMILES string of the molecule is Br.Cc1ccc(C)c(-c2csc(=Nc3cccc(C(F)(F)F)c3)n2Cc2ccccc2)c1. The van der Waals surface area contributed by atoms with Crippen LogP contribution in [0.5, 0.6) is 0 Å². The first kappa shape index (κ1) is 24.0. The molecule has 0 spiro atoms. The molecule has 1 heterocycles. The van der Waals surface area contributed by atoms with Gasteiger partial charge in [0.2, 0.25) is 0 Å². The summed E-state index contributed by atoms with van der Waals surface area (Å²) in [5, 5.41) is 2.02. The molecule has 7 heteroatoms. The highest BCUT2D eigenvalue weighted by atomic mass is 79.9. The molecule has 3 aromatic carbocycles. The topological polar surface area (TPSA) is 17.3 Å². The predicted molar refractivity (Wildman–Crippen MR) is 130 cm³/mol. The lowest BCUT2D eigenvalue weighted by Gasteiger charge is -2.12. The van der Waals surface area contributed by atoms with E-state index >= 15 is 0 Å². The number of hydrogen-bond acceptors (Lipinski definition) is 2. The first-order chi connectivity index (χ1) is 14.8. The normalized spacial score (nSPS) is 12.0. The van der Waals surface area contributed by atoms with Gasteiger partial charge in [0, 0.05) is 10.9 Å². The highest BCUT2D eigenvalue weighted by molar-refractivity contribution is 8.93. The highest BCUT2D eigenvalue weighted by Crippen LogP contribution is 2.31. The third-order valence-electron chi connectivity index (χ3n) is 5.05. The molecule has 0 bridgehead atoms. The second-order valence-electron chi connectivity index (χ2n) is 7.45. The van der Waals surface area contributed by atoms with E-state index in [0.29, 0.717) is 11.3 Å². The Labute approximate surface area is 199 Å². The fourth-order valence-electron chi connectivity index (χ4n) is 3.43. The minimum atomic E-state index is -4.40. The Morgan fingerprint density at radius 1 is 0.906 bits per heavy atom. The van der Waals surface area contributed by atoms with Crippen LogP contribution < -0.4 is 4.80 Å². The smallest absolute Gasteiger partial charge is 0.312 e. The molecule has 4 rings (SSSR count). The van der Waals surface area contributed by atoms with Crippen LogP contribution in [0.2, 0.25) is 0 Å². The summed E-state index contributed by atoms with van der Waals surface area (Å²) in [6, 6.07) is 21.4. The summed E-state index contributed by atoms with van der Waals surface area (Å²) in [7, 11) is 0. The molecular formula is C25H22BrF3N2S. The molecule has 0 atom stereocenters. The quantitative estimate of drug-likeness (QED) is 0.263. The van der Waals surface area contributed by atoms with Crippen LogP contribution in [0.25, 0.3) is 11.3 Å². The van der Waals surface area contributed by atoms with E-state index in [1.807, 2.05) is 42.6 Å². The minimum Gasteiger partial charge on any atom is -0.312 e. The third kappa shape index (κ3) is 5.40. The van der Waals surface area contributed by atoms with E-state index in [2.05, 4.69) is 34.7 Å². The Morgan fingerprint density at radius 3 is 2.38 bits per heavy atom. The molecule has 0 aliphatic carbocycles. The van der Waals surface area contributed by atoms with Gasteiger partial charge in [-0.25, -0.2) is 4.99 Å². The van der Waals surface area contributed by atoms with E-state index in [4.69, 9.17) is 0 Å². The molecule has 32 heavy (non-hydrogen) atoms. The Kier molecular flexibility index (Phi) is 7.41. The van der Waals surface area contributed by atoms with Gasteiger partial charge in [0.25, 0.3) is 0 Å². The number of aromatic nitrogens is 1. The number of aryl methyl sites for hydroxylation is 2. The average Bonchev–Trinajstić information content (AvgIpc) is 3.12. The maximum Gasteiger partial charge on any atom is 0.416 e. The molecule has 1 aromatic heterocycles. The van der Waals surface area contributed by atoms with E-state index in [9.17, 15) is 13.2 Å². The zero-order valence-corrected chi connectivity index (χ0v) is 20.1. The first-order valence-corrected chi connectivity index (χ1v) is 10.7. The Bertz CT molecular complexity index is 1270. The Balaban J connectivity index is 0.00000289. The van der Waals surface area contributed by atoms with Gasteiger partial charge in [0.15, 0.2) is 4.80 Å². The molecule has 0 fully saturated rings. The second-order valence-corrected chi connectivity index (χ2v) is 8.29. The standard InChI is InChI=1S/C25H21F3N2S.BrH/c1-17-11-12-18(2)22(13-17)23-16-31-24(30(23)15-19-7-4-3-5-8-19)29-21-10-6-9-20(14-21)25(26,27)28;/h3-14,16H,15H2,1-2H3;1H. The van der Waals surface area contributed by atoms with Crippen molar-refractivity contribution >= 4 is 34.0 Å². The second kappa shape index (κ2) is 9.88. The minimum absolute atomic E-state index is 0. The lowest BCUT2D eigenvalue weighted by atomic mass is 10.0. The molecule has 0 aliphatic heterocycles. The van der Waals surface area contributed by atoms with Crippen molar-refractivity contribution in [2.45, 2.75) is 26.6 Å². The molecule has 0 N–H and O–H groups in total. The van der Waals surface area contributed by atoms with E-state index in [0.717, 1.165) is 40.1 Å². The molecule has 0 unspecified atom stereocenters. The number of hydrogen-bond donors (Lipinski definition) is 0. The monoisotopic (exact) mass is 518 g/mol. The van der Waals surface area contributed by atoms with E-state index in [-0.39, 0.29) is 22.7 Å². The van der Waals surface area contributed by atoms with Gasteiger partial charge in [-0.15, -0.1) is 28.3 Å². The van der Waals surface area contributed by atoms with Crippen molar-refractivity contribution in [1.29, 1.82) is 0 Å². The van der Waals surface area contributed by atoms with Gasteiger partial charge in [0.1, 0.15) is 0 Å². The number of rotatable bonds is 4. The lowest BCUT2D eigenvalue weighted by molar-refractivity contribution is -0.137. The van der Waals surface area contributed by atoms with Crippen LogP contribution in [0.1, 0.15) is 22.3 Å². The van der Waals surface area contributed by atoms with Crippen LogP contribution in [0.4, 0.5) is 18.9 Å². The van der Waals surface area contributed by atoms with Gasteiger partial charge in [-0.2, -0.15) is 13.2 Å². The van der Waals surface area contributed by atoms with Crippen molar-refractivity contribution in [2.24, 2.45) is 4.99 Å². The van der Waals surface area contributed by atoms with Gasteiger partial charge >= 0.3 is 6.18 Å². The summed E-state index contributed by atoms with van der Waals surface area (Å²) in [6.45, 7) is 4.68. The molecule has 0 saturated carbocycles. The number of alkyl halides is 3. The number of thiazole rings is 1. The van der Waals surface area contributed by atoms with Crippen molar-refractivity contribution in [1.82, 2.24) is 4.57 Å². The van der Waals surface area contributed by atoms with Crippen molar-refractivity contribution in [2.75, 3.05) is 0 Å². The Hall–Kier alpha value is -2.64. The van der Waals surface area contributed by atoms with Gasteiger partial charge in [-0.1, -0.05) is 54.1 Å². The van der Waals surface area contributed by atoms with Gasteiger partial charge < -0.3 is 4.57 Å². The van der Waals surface area contributed by atoms with Crippen LogP contribution in [-0.2, 0) is 12.7 Å². The summed E-state index contributed by atoms with van der Waals surface area (Å²) >= 11 is 1.43. The molecule has 0 amide bonds. The van der Waals surface area contributed by atoms with Crippen LogP contribution in [0, 0.1) is 13.8 Å². The average molecular weight is 519 g/mol. The van der Waals surface area contributed by atoms with Crippen LogP contribution in [-0.4, -0.2) is 4.57 Å². The molecule has 166 valence electrons. The van der Waals surface area contributed by atoms with Crippen molar-refractivity contribution in [3.05, 3.63) is 105 Å². The van der Waals surface area contributed by atoms with Crippen LogP contribution in [0.15, 0.2) is 83.2 Å². The number of nitrogens with zero attached hydrogens (tertiary/aromatic N) is 2. The van der Waals surface area contributed by atoms with E-state index in [1.165, 1.54) is 17.4 Å². The predicted octanol–water partition coefficient (Wildman–Crippen LogP) is 7.71. The number of halogens is 4. The van der Waals surface area contributed by atoms with Gasteiger partial charge in [0.05, 0.1) is 23.5 Å². The molecule has 4 aromatic rings. The number of benzene rings is 3. The zero-order valence-electron chi connectivity index (χ0n) is 17.6. The van der Waals surface area contributed by atoms with Crippen molar-refractivity contribution in [3.63, 3.8) is 0 Å². The lowest BCUT2D eigenvalue weighted by Crippen LogP contribution is -2.17. The molecular weight excluding hydrogens is 497 g/mol. The van der Waals surface area contributed by atoms with Crippen molar-refractivity contribution < 1.29 is 13.2 Å². The molecule has 0 aliphatic rings. The zero-order chi connectivity index (χ0) is 22.0. The van der Waals surface area contributed by atoms with E-state index in [1.54, 1.807) is 6.07 Å². The summed E-state index contributed by atoms with van der Waals surface area (Å²) in [4.78, 5) is 5.24. The Morgan fingerprint density at radius 2 is 1.66 bits per heavy atom. The fraction of sp³-hybridized carbons (Fsp3) is 0.160. The molecule has 0 radical (unpaired) electrons. The van der Waals surface area contributed by atoms with Crippen molar-refractivity contribution in [3.8, 4) is 11.3 Å². The van der Waals surface area contributed by atoms with E-state index < -0.39 is 11.7 Å². The summed E-state index contributed by atoms with van der Waals surface area (Å²) in [5.41, 5.74) is 5.06. The maximum atomic E-state index is 13.1. The molecule has 2 nitrogen and oxygen atoms in total. The van der Waals surface area contributed by atoms with Crippen LogP contribution in [0.3, 0.4) is 0 Å². The highest BCUT2D eigenvalue weighted by Gasteiger charge is 2.30. The third-order valence-corrected chi connectivity index (χ3v) is 5.91. The van der Waals surface area contributed by atoms with Crippen LogP contribution >= 0.6 is 28.3 Å². The molecule has 0 saturated heterocycles. The maximum absolute atomic E-state index is 13.1. The largest absolute Gasteiger partial charge is 0.416 e. The van der Waals surface area contributed by atoms with Gasteiger partial charge in [-0.3, -0.25) is 0 Å². The summed E-state index contributed by atoms with van der Waals surface area (Å²) < 4.78 is 41.5. The summed E-state index contributed by atoms with van der Waals surface area (Å²) in [5.74, 6) is 0.